The van der Waals surface area contributed by atoms with Crippen molar-refractivity contribution in [3.05, 3.63) is 36.3 Å². The number of pyridine rings is 1. The molecule has 0 aliphatic carbocycles. The summed E-state index contributed by atoms with van der Waals surface area (Å²) in [4.78, 5) is 16.0. The van der Waals surface area contributed by atoms with Gasteiger partial charge in [-0.1, -0.05) is 5.16 Å². The molecule has 0 spiro atoms. The van der Waals surface area contributed by atoms with Gasteiger partial charge in [0.25, 0.3) is 5.91 Å². The summed E-state index contributed by atoms with van der Waals surface area (Å²) in [6.45, 7) is 1.64. The monoisotopic (exact) mass is 272 g/mol. The summed E-state index contributed by atoms with van der Waals surface area (Å²) in [6.07, 6.45) is 5.61. The number of amides is 1. The van der Waals surface area contributed by atoms with Crippen molar-refractivity contribution in [2.24, 2.45) is 0 Å². The van der Waals surface area contributed by atoms with Crippen LogP contribution in [0.2, 0.25) is 0 Å². The molecule has 2 aromatic heterocycles. The zero-order chi connectivity index (χ0) is 13.8. The molecule has 6 nitrogen and oxygen atoms in total. The predicted molar refractivity (Wildman–Crippen MR) is 73.1 cm³/mol. The first kappa shape index (κ1) is 12.8. The third-order valence-electron chi connectivity index (χ3n) is 3.36. The minimum absolute atomic E-state index is 0.211. The van der Waals surface area contributed by atoms with Crippen molar-refractivity contribution >= 4 is 5.91 Å². The Bertz CT molecular complexity index is 576. The van der Waals surface area contributed by atoms with Gasteiger partial charge in [-0.3, -0.25) is 9.78 Å². The molecule has 104 valence electrons. The second-order valence-corrected chi connectivity index (χ2v) is 4.82. The summed E-state index contributed by atoms with van der Waals surface area (Å²) in [5.74, 6) is 0.333. The van der Waals surface area contributed by atoms with E-state index in [1.165, 1.54) is 0 Å². The molecule has 3 heterocycles. The maximum atomic E-state index is 12.0. The Balaban J connectivity index is 1.62. The van der Waals surface area contributed by atoms with E-state index in [1.54, 1.807) is 18.5 Å². The molecule has 0 bridgehead atoms. The Hall–Kier alpha value is -2.21. The third kappa shape index (κ3) is 2.85. The lowest BCUT2D eigenvalue weighted by molar-refractivity contribution is 0.0941. The van der Waals surface area contributed by atoms with Crippen molar-refractivity contribution in [1.29, 1.82) is 0 Å². The Kier molecular flexibility index (Phi) is 3.73. The molecule has 1 atom stereocenters. The molecular weight excluding hydrogens is 256 g/mol. The van der Waals surface area contributed by atoms with E-state index in [1.807, 2.05) is 12.1 Å². The van der Waals surface area contributed by atoms with Crippen LogP contribution in [0.1, 0.15) is 23.3 Å². The van der Waals surface area contributed by atoms with Crippen molar-refractivity contribution in [1.82, 2.24) is 20.8 Å². The fourth-order valence-electron chi connectivity index (χ4n) is 2.26. The van der Waals surface area contributed by atoms with Gasteiger partial charge in [0.1, 0.15) is 0 Å². The maximum Gasteiger partial charge on any atom is 0.273 e. The van der Waals surface area contributed by atoms with Gasteiger partial charge >= 0.3 is 0 Å². The molecule has 1 unspecified atom stereocenters. The Morgan fingerprint density at radius 3 is 3.25 bits per heavy atom. The van der Waals surface area contributed by atoms with Crippen LogP contribution in [0, 0.1) is 0 Å². The van der Waals surface area contributed by atoms with E-state index < -0.39 is 0 Å². The van der Waals surface area contributed by atoms with Crippen molar-refractivity contribution in [2.75, 3.05) is 13.1 Å². The Labute approximate surface area is 116 Å². The molecular formula is C14H16N4O2. The van der Waals surface area contributed by atoms with E-state index in [9.17, 15) is 4.79 Å². The van der Waals surface area contributed by atoms with Crippen LogP contribution in [-0.4, -0.2) is 35.2 Å². The highest BCUT2D eigenvalue weighted by Crippen LogP contribution is 2.18. The fourth-order valence-corrected chi connectivity index (χ4v) is 2.26. The molecule has 1 amide bonds. The number of aromatic nitrogens is 2. The molecule has 20 heavy (non-hydrogen) atoms. The first-order valence-corrected chi connectivity index (χ1v) is 6.71. The van der Waals surface area contributed by atoms with Gasteiger partial charge in [0.05, 0.1) is 0 Å². The maximum absolute atomic E-state index is 12.0. The highest BCUT2D eigenvalue weighted by atomic mass is 16.5. The molecule has 3 rings (SSSR count). The summed E-state index contributed by atoms with van der Waals surface area (Å²) >= 11 is 0. The average molecular weight is 272 g/mol. The normalized spacial score (nSPS) is 18.1. The van der Waals surface area contributed by atoms with Crippen LogP contribution in [0.4, 0.5) is 0 Å². The first-order chi connectivity index (χ1) is 9.83. The van der Waals surface area contributed by atoms with E-state index in [0.717, 1.165) is 24.9 Å². The van der Waals surface area contributed by atoms with Crippen LogP contribution in [0.5, 0.6) is 0 Å². The van der Waals surface area contributed by atoms with Gasteiger partial charge in [-0.2, -0.15) is 0 Å². The molecule has 1 fully saturated rings. The number of nitrogens with zero attached hydrogens (tertiary/aromatic N) is 2. The Morgan fingerprint density at radius 1 is 1.55 bits per heavy atom. The summed E-state index contributed by atoms with van der Waals surface area (Å²) in [5.41, 5.74) is 1.10. The van der Waals surface area contributed by atoms with Crippen molar-refractivity contribution in [3.63, 3.8) is 0 Å². The van der Waals surface area contributed by atoms with Gasteiger partial charge in [-0.05, 0) is 31.5 Å². The van der Waals surface area contributed by atoms with E-state index in [0.29, 0.717) is 24.0 Å². The zero-order valence-corrected chi connectivity index (χ0v) is 11.0. The first-order valence-electron chi connectivity index (χ1n) is 6.71. The standard InChI is InChI=1S/C14H16N4O2/c19-14(17-9-11-4-2-6-16-11)12-7-13(20-18-12)10-3-1-5-15-8-10/h1,3,5,7-8,11,16H,2,4,6,9H2,(H,17,19). The van der Waals surface area contributed by atoms with Crippen molar-refractivity contribution in [3.8, 4) is 11.3 Å². The molecule has 6 heteroatoms. The van der Waals surface area contributed by atoms with Gasteiger partial charge in [-0.15, -0.1) is 0 Å². The SMILES string of the molecule is O=C(NCC1CCCN1)c1cc(-c2cccnc2)on1. The van der Waals surface area contributed by atoms with Gasteiger partial charge in [0.2, 0.25) is 0 Å². The zero-order valence-electron chi connectivity index (χ0n) is 11.0. The topological polar surface area (TPSA) is 80.0 Å². The second kappa shape index (κ2) is 5.83. The van der Waals surface area contributed by atoms with Crippen LogP contribution >= 0.6 is 0 Å². The van der Waals surface area contributed by atoms with Gasteiger partial charge in [-0.25, -0.2) is 0 Å². The van der Waals surface area contributed by atoms with E-state index >= 15 is 0 Å². The van der Waals surface area contributed by atoms with Crippen LogP contribution in [0.3, 0.4) is 0 Å². The fraction of sp³-hybridized carbons (Fsp3) is 0.357. The van der Waals surface area contributed by atoms with Crippen molar-refractivity contribution < 1.29 is 9.32 Å². The summed E-state index contributed by atoms with van der Waals surface area (Å²) in [6, 6.07) is 5.67. The molecule has 2 N–H and O–H groups in total. The largest absolute Gasteiger partial charge is 0.355 e. The number of nitrogens with one attached hydrogen (secondary N) is 2. The number of carbonyl (C=O) groups is 1. The summed E-state index contributed by atoms with van der Waals surface area (Å²) < 4.78 is 5.18. The lowest BCUT2D eigenvalue weighted by atomic mass is 10.2. The minimum atomic E-state index is -0.211. The van der Waals surface area contributed by atoms with E-state index in [-0.39, 0.29) is 5.91 Å². The van der Waals surface area contributed by atoms with Crippen LogP contribution < -0.4 is 10.6 Å². The second-order valence-electron chi connectivity index (χ2n) is 4.82. The molecule has 0 saturated carbocycles. The van der Waals surface area contributed by atoms with Crippen LogP contribution in [0.25, 0.3) is 11.3 Å². The van der Waals surface area contributed by atoms with Crippen LogP contribution in [-0.2, 0) is 0 Å². The van der Waals surface area contributed by atoms with Gasteiger partial charge in [0.15, 0.2) is 11.5 Å². The van der Waals surface area contributed by atoms with Gasteiger partial charge < -0.3 is 15.2 Å². The van der Waals surface area contributed by atoms with Gasteiger partial charge in [0, 0.05) is 36.6 Å². The predicted octanol–water partition coefficient (Wildman–Crippen LogP) is 1.22. The lowest BCUT2D eigenvalue weighted by Gasteiger charge is -2.09. The minimum Gasteiger partial charge on any atom is -0.355 e. The molecule has 1 aliphatic rings. The smallest absolute Gasteiger partial charge is 0.273 e. The molecule has 0 radical (unpaired) electrons. The highest BCUT2D eigenvalue weighted by Gasteiger charge is 2.17. The summed E-state index contributed by atoms with van der Waals surface area (Å²) in [5, 5.41) is 10.00. The molecule has 1 saturated heterocycles. The quantitative estimate of drug-likeness (QED) is 0.874. The third-order valence-corrected chi connectivity index (χ3v) is 3.36. The number of rotatable bonds is 4. The molecule has 1 aliphatic heterocycles. The summed E-state index contributed by atoms with van der Waals surface area (Å²) in [7, 11) is 0. The number of hydrogen-bond acceptors (Lipinski definition) is 5. The Morgan fingerprint density at radius 2 is 2.50 bits per heavy atom. The van der Waals surface area contributed by atoms with E-state index in [2.05, 4.69) is 20.8 Å². The molecule has 2 aromatic rings. The van der Waals surface area contributed by atoms with Crippen molar-refractivity contribution in [2.45, 2.75) is 18.9 Å². The highest BCUT2D eigenvalue weighted by molar-refractivity contribution is 5.93. The lowest BCUT2D eigenvalue weighted by Crippen LogP contribution is -2.37. The average Bonchev–Trinajstić information content (AvgIpc) is 3.17. The molecule has 0 aromatic carbocycles. The van der Waals surface area contributed by atoms with Crippen LogP contribution in [0.15, 0.2) is 35.1 Å². The number of carbonyl (C=O) groups excluding carboxylic acids is 1. The van der Waals surface area contributed by atoms with E-state index in [4.69, 9.17) is 4.52 Å². The number of hydrogen-bond donors (Lipinski definition) is 2.